The van der Waals surface area contributed by atoms with E-state index in [1.165, 1.54) is 11.3 Å². The van der Waals surface area contributed by atoms with Crippen LogP contribution in [0.3, 0.4) is 0 Å². The first-order chi connectivity index (χ1) is 9.13. The van der Waals surface area contributed by atoms with E-state index in [4.69, 9.17) is 15.6 Å². The minimum absolute atomic E-state index is 0.173. The average molecular weight is 277 g/mol. The molecular weight excluding hydrogens is 262 g/mol. The van der Waals surface area contributed by atoms with Crippen LogP contribution in [0.15, 0.2) is 29.6 Å². The van der Waals surface area contributed by atoms with Crippen molar-refractivity contribution in [1.29, 1.82) is 0 Å². The molecule has 2 aromatic rings. The van der Waals surface area contributed by atoms with Gasteiger partial charge in [0.1, 0.15) is 16.3 Å². The maximum atomic E-state index is 11.2. The number of carbonyl (C=O) groups is 1. The number of rotatable bonds is 5. The Morgan fingerprint density at radius 1 is 1.37 bits per heavy atom. The van der Waals surface area contributed by atoms with Gasteiger partial charge < -0.3 is 15.6 Å². The number of thiophene rings is 1. The highest BCUT2D eigenvalue weighted by Gasteiger charge is 2.17. The molecule has 3 N–H and O–H groups in total. The van der Waals surface area contributed by atoms with E-state index >= 15 is 0 Å². The molecule has 0 saturated carbocycles. The van der Waals surface area contributed by atoms with Crippen LogP contribution in [-0.4, -0.2) is 17.7 Å². The molecule has 5 heteroatoms. The third-order valence-electron chi connectivity index (χ3n) is 2.67. The molecule has 0 amide bonds. The average Bonchev–Trinajstić information content (AvgIpc) is 2.79. The van der Waals surface area contributed by atoms with Crippen LogP contribution in [-0.2, 0) is 0 Å². The molecule has 1 aromatic carbocycles. The van der Waals surface area contributed by atoms with Gasteiger partial charge in [0.25, 0.3) is 0 Å². The van der Waals surface area contributed by atoms with E-state index in [1.54, 1.807) is 5.38 Å². The maximum Gasteiger partial charge on any atom is 0.339 e. The van der Waals surface area contributed by atoms with Gasteiger partial charge in [0.2, 0.25) is 0 Å². The first-order valence-corrected chi connectivity index (χ1v) is 6.85. The van der Waals surface area contributed by atoms with Crippen LogP contribution in [0, 0.1) is 0 Å². The smallest absolute Gasteiger partial charge is 0.339 e. The summed E-state index contributed by atoms with van der Waals surface area (Å²) in [7, 11) is 0. The zero-order chi connectivity index (χ0) is 13.8. The lowest BCUT2D eigenvalue weighted by atomic mass is 10.0. The number of anilines is 1. The summed E-state index contributed by atoms with van der Waals surface area (Å²) in [6.45, 7) is 2.72. The number of ether oxygens (including phenoxy) is 1. The zero-order valence-corrected chi connectivity index (χ0v) is 11.4. The lowest BCUT2D eigenvalue weighted by molar-refractivity contribution is 0.0699. The molecule has 2 rings (SSSR count). The molecule has 0 bridgehead atoms. The third-order valence-corrected chi connectivity index (χ3v) is 3.48. The Balaban J connectivity index is 2.30. The zero-order valence-electron chi connectivity index (χ0n) is 10.6. The van der Waals surface area contributed by atoms with Crippen molar-refractivity contribution in [2.75, 3.05) is 12.3 Å². The Labute approximate surface area is 115 Å². The number of nitrogen functional groups attached to an aromatic ring is 1. The van der Waals surface area contributed by atoms with Crippen molar-refractivity contribution in [1.82, 2.24) is 0 Å². The Kier molecular flexibility index (Phi) is 4.06. The van der Waals surface area contributed by atoms with Crippen LogP contribution >= 0.6 is 11.3 Å². The molecule has 0 saturated heterocycles. The van der Waals surface area contributed by atoms with E-state index in [-0.39, 0.29) is 5.56 Å². The molecule has 100 valence electrons. The summed E-state index contributed by atoms with van der Waals surface area (Å²) < 4.78 is 5.49. The Hall–Kier alpha value is -2.01. The number of benzene rings is 1. The van der Waals surface area contributed by atoms with Gasteiger partial charge in [0, 0.05) is 10.9 Å². The first-order valence-electron chi connectivity index (χ1n) is 5.97. The second-order valence-corrected chi connectivity index (χ2v) is 4.98. The van der Waals surface area contributed by atoms with Crippen molar-refractivity contribution in [2.45, 2.75) is 13.3 Å². The molecule has 19 heavy (non-hydrogen) atoms. The van der Waals surface area contributed by atoms with Crippen molar-refractivity contribution in [2.24, 2.45) is 0 Å². The lowest BCUT2D eigenvalue weighted by Crippen LogP contribution is -2.00. The fourth-order valence-corrected chi connectivity index (χ4v) is 2.57. The van der Waals surface area contributed by atoms with Crippen molar-refractivity contribution in [3.63, 3.8) is 0 Å². The molecule has 0 aliphatic heterocycles. The summed E-state index contributed by atoms with van der Waals surface area (Å²) in [5.41, 5.74) is 7.34. The van der Waals surface area contributed by atoms with Gasteiger partial charge in [-0.3, -0.25) is 0 Å². The van der Waals surface area contributed by atoms with E-state index in [1.807, 2.05) is 31.2 Å². The Morgan fingerprint density at radius 2 is 2.05 bits per heavy atom. The number of hydrogen-bond donors (Lipinski definition) is 2. The standard InChI is InChI=1S/C14H15NO3S/c1-2-7-18-10-5-3-9(4-6-10)11-8-19-13(15)12(11)14(16)17/h3-6,8H,2,7,15H2,1H3,(H,16,17). The van der Waals surface area contributed by atoms with Crippen LogP contribution < -0.4 is 10.5 Å². The summed E-state index contributed by atoms with van der Waals surface area (Å²) in [6, 6.07) is 7.37. The molecular formula is C14H15NO3S. The predicted molar refractivity (Wildman–Crippen MR) is 76.9 cm³/mol. The first kappa shape index (κ1) is 13.4. The normalized spacial score (nSPS) is 10.4. The largest absolute Gasteiger partial charge is 0.494 e. The SMILES string of the molecule is CCCOc1ccc(-c2csc(N)c2C(=O)O)cc1. The van der Waals surface area contributed by atoms with Gasteiger partial charge in [0.15, 0.2) is 0 Å². The van der Waals surface area contributed by atoms with Crippen LogP contribution in [0.25, 0.3) is 11.1 Å². The highest BCUT2D eigenvalue weighted by atomic mass is 32.1. The van der Waals surface area contributed by atoms with Crippen LogP contribution in [0.1, 0.15) is 23.7 Å². The van der Waals surface area contributed by atoms with Gasteiger partial charge in [-0.15, -0.1) is 11.3 Å². The summed E-state index contributed by atoms with van der Waals surface area (Å²) >= 11 is 1.24. The number of aromatic carboxylic acids is 1. The highest BCUT2D eigenvalue weighted by molar-refractivity contribution is 7.14. The number of carboxylic acids is 1. The third kappa shape index (κ3) is 2.88. The second-order valence-electron chi connectivity index (χ2n) is 4.07. The Morgan fingerprint density at radius 3 is 2.63 bits per heavy atom. The molecule has 0 fully saturated rings. The summed E-state index contributed by atoms with van der Waals surface area (Å²) in [5, 5.41) is 11.3. The minimum Gasteiger partial charge on any atom is -0.494 e. The fraction of sp³-hybridized carbons (Fsp3) is 0.214. The van der Waals surface area contributed by atoms with Gasteiger partial charge in [-0.05, 0) is 24.1 Å². The summed E-state index contributed by atoms with van der Waals surface area (Å²) in [4.78, 5) is 11.2. The van der Waals surface area contributed by atoms with Crippen molar-refractivity contribution in [3.8, 4) is 16.9 Å². The monoisotopic (exact) mass is 277 g/mol. The maximum absolute atomic E-state index is 11.2. The van der Waals surface area contributed by atoms with Gasteiger partial charge in [-0.25, -0.2) is 4.79 Å². The van der Waals surface area contributed by atoms with E-state index in [2.05, 4.69) is 0 Å². The molecule has 4 nitrogen and oxygen atoms in total. The highest BCUT2D eigenvalue weighted by Crippen LogP contribution is 2.34. The summed E-state index contributed by atoms with van der Waals surface area (Å²) in [6.07, 6.45) is 0.950. The molecule has 0 unspecified atom stereocenters. The number of nitrogens with two attached hydrogens (primary N) is 1. The Bertz CT molecular complexity index is 575. The van der Waals surface area contributed by atoms with Gasteiger partial charge >= 0.3 is 5.97 Å². The molecule has 1 heterocycles. The molecule has 0 atom stereocenters. The van der Waals surface area contributed by atoms with Gasteiger partial charge in [0.05, 0.1) is 6.61 Å². The quantitative estimate of drug-likeness (QED) is 0.877. The second kappa shape index (κ2) is 5.75. The van der Waals surface area contributed by atoms with E-state index < -0.39 is 5.97 Å². The van der Waals surface area contributed by atoms with Crippen molar-refractivity contribution < 1.29 is 14.6 Å². The van der Waals surface area contributed by atoms with Crippen LogP contribution in [0.4, 0.5) is 5.00 Å². The van der Waals surface area contributed by atoms with E-state index in [9.17, 15) is 4.79 Å². The topological polar surface area (TPSA) is 72.5 Å². The van der Waals surface area contributed by atoms with E-state index in [0.717, 1.165) is 17.7 Å². The molecule has 0 spiro atoms. The molecule has 0 aliphatic rings. The molecule has 0 radical (unpaired) electrons. The number of hydrogen-bond acceptors (Lipinski definition) is 4. The lowest BCUT2D eigenvalue weighted by Gasteiger charge is -2.06. The van der Waals surface area contributed by atoms with Crippen LogP contribution in [0.5, 0.6) is 5.75 Å². The molecule has 1 aromatic heterocycles. The van der Waals surface area contributed by atoms with Crippen molar-refractivity contribution in [3.05, 3.63) is 35.2 Å². The minimum atomic E-state index is -1.000. The predicted octanol–water partition coefficient (Wildman–Crippen LogP) is 3.48. The molecule has 0 aliphatic carbocycles. The number of carboxylic acid groups (broad SMARTS) is 1. The summed E-state index contributed by atoms with van der Waals surface area (Å²) in [5.74, 6) is -0.217. The van der Waals surface area contributed by atoms with Crippen molar-refractivity contribution >= 4 is 22.3 Å². The van der Waals surface area contributed by atoms with Gasteiger partial charge in [-0.1, -0.05) is 19.1 Å². The van der Waals surface area contributed by atoms with Crippen LogP contribution in [0.2, 0.25) is 0 Å². The fourth-order valence-electron chi connectivity index (χ4n) is 1.76. The van der Waals surface area contributed by atoms with Gasteiger partial charge in [-0.2, -0.15) is 0 Å². The van der Waals surface area contributed by atoms with E-state index in [0.29, 0.717) is 17.2 Å².